The molecule has 2 atom stereocenters. The molecule has 0 bridgehead atoms. The van der Waals surface area contributed by atoms with Gasteiger partial charge in [-0.1, -0.05) is 0 Å². The van der Waals surface area contributed by atoms with Crippen molar-refractivity contribution in [1.29, 1.82) is 0 Å². The fourth-order valence-corrected chi connectivity index (χ4v) is 4.07. The average Bonchev–Trinajstić information content (AvgIpc) is 3.08. The number of nitrogens with one attached hydrogen (secondary N) is 1. The van der Waals surface area contributed by atoms with E-state index in [1.165, 1.54) is 18.6 Å². The van der Waals surface area contributed by atoms with E-state index in [9.17, 15) is 13.2 Å². The van der Waals surface area contributed by atoms with E-state index in [2.05, 4.69) is 26.1 Å². The maximum Gasteiger partial charge on any atom is 0.416 e. The van der Waals surface area contributed by atoms with E-state index in [0.717, 1.165) is 38.0 Å². The number of benzene rings is 1. The summed E-state index contributed by atoms with van der Waals surface area (Å²) in [5.41, 5.74) is 0.270. The predicted molar refractivity (Wildman–Crippen MR) is 80.5 cm³/mol. The monoisotopic (exact) mass is 362 g/mol. The van der Waals surface area contributed by atoms with Crippen LogP contribution < -0.4 is 10.2 Å². The normalized spacial score (nSPS) is 26.6. The van der Waals surface area contributed by atoms with Gasteiger partial charge >= 0.3 is 6.18 Å². The number of hydrogen-bond donors (Lipinski definition) is 1. The largest absolute Gasteiger partial charge is 0.416 e. The summed E-state index contributed by atoms with van der Waals surface area (Å²) in [5, 5.41) is 3.52. The fourth-order valence-electron chi connectivity index (χ4n) is 3.47. The van der Waals surface area contributed by atoms with Crippen LogP contribution in [0.4, 0.5) is 18.9 Å². The summed E-state index contributed by atoms with van der Waals surface area (Å²) in [6.07, 6.45) is 0.239. The van der Waals surface area contributed by atoms with Crippen molar-refractivity contribution in [1.82, 2.24) is 5.32 Å². The topological polar surface area (TPSA) is 15.3 Å². The molecule has 3 rings (SSSR count). The van der Waals surface area contributed by atoms with Crippen molar-refractivity contribution in [3.63, 3.8) is 0 Å². The molecule has 0 saturated carbocycles. The Bertz CT molecular complexity index is 512. The molecule has 0 amide bonds. The first-order valence-corrected chi connectivity index (χ1v) is 8.13. The molecule has 2 fully saturated rings. The number of nitrogens with zero attached hydrogens (tertiary/aromatic N) is 1. The SMILES string of the molecule is FC(F)(F)c1ccc(N2CCCC2C2CCCN2)c(Br)c1. The maximum absolute atomic E-state index is 12.8. The van der Waals surface area contributed by atoms with Crippen LogP contribution in [0.15, 0.2) is 22.7 Å². The molecular formula is C15H18BrF3N2. The Kier molecular flexibility index (Phi) is 4.19. The van der Waals surface area contributed by atoms with Gasteiger partial charge in [0.2, 0.25) is 0 Å². The molecule has 0 aromatic heterocycles. The van der Waals surface area contributed by atoms with Gasteiger partial charge < -0.3 is 10.2 Å². The molecule has 2 unspecified atom stereocenters. The summed E-state index contributed by atoms with van der Waals surface area (Å²) >= 11 is 3.32. The van der Waals surface area contributed by atoms with Gasteiger partial charge in [0.1, 0.15) is 0 Å². The van der Waals surface area contributed by atoms with Crippen LogP contribution in [-0.2, 0) is 6.18 Å². The van der Waals surface area contributed by atoms with Gasteiger partial charge in [0, 0.05) is 23.1 Å². The zero-order valence-corrected chi connectivity index (χ0v) is 13.2. The van der Waals surface area contributed by atoms with Gasteiger partial charge in [-0.05, 0) is 66.4 Å². The molecule has 0 spiro atoms. The van der Waals surface area contributed by atoms with Gasteiger partial charge in [0.15, 0.2) is 0 Å². The third-order valence-electron chi connectivity index (χ3n) is 4.45. The Balaban J connectivity index is 1.85. The summed E-state index contributed by atoms with van der Waals surface area (Å²) in [5.74, 6) is 0. The second-order valence-electron chi connectivity index (χ2n) is 5.77. The minimum Gasteiger partial charge on any atom is -0.366 e. The molecule has 2 nitrogen and oxygen atoms in total. The molecule has 6 heteroatoms. The van der Waals surface area contributed by atoms with E-state index in [1.807, 2.05) is 0 Å². The number of alkyl halides is 3. The minimum atomic E-state index is -4.29. The van der Waals surface area contributed by atoms with Gasteiger partial charge in [0.25, 0.3) is 0 Å². The fraction of sp³-hybridized carbons (Fsp3) is 0.600. The Morgan fingerprint density at radius 3 is 2.62 bits per heavy atom. The third kappa shape index (κ3) is 3.06. The number of rotatable bonds is 2. The first-order valence-electron chi connectivity index (χ1n) is 7.33. The number of anilines is 1. The standard InChI is InChI=1S/C15H18BrF3N2/c16-11-9-10(15(17,18)19)5-6-13(11)21-8-2-4-14(21)12-3-1-7-20-12/h5-6,9,12,14,20H,1-4,7-8H2. The van der Waals surface area contributed by atoms with Crippen LogP contribution in [0.2, 0.25) is 0 Å². The summed E-state index contributed by atoms with van der Waals surface area (Å²) < 4.78 is 38.8. The highest BCUT2D eigenvalue weighted by atomic mass is 79.9. The molecule has 116 valence electrons. The first-order chi connectivity index (χ1) is 9.97. The molecule has 2 aliphatic heterocycles. The lowest BCUT2D eigenvalue weighted by molar-refractivity contribution is -0.137. The van der Waals surface area contributed by atoms with Crippen LogP contribution in [0.25, 0.3) is 0 Å². The molecule has 2 saturated heterocycles. The molecule has 2 aliphatic rings. The summed E-state index contributed by atoms with van der Waals surface area (Å²) in [4.78, 5) is 2.26. The summed E-state index contributed by atoms with van der Waals surface area (Å²) in [7, 11) is 0. The van der Waals surface area contributed by atoms with Crippen LogP contribution in [0.5, 0.6) is 0 Å². The highest BCUT2D eigenvalue weighted by Gasteiger charge is 2.35. The Hall–Kier alpha value is -0.750. The molecule has 1 aromatic carbocycles. The highest BCUT2D eigenvalue weighted by Crippen LogP contribution is 2.38. The van der Waals surface area contributed by atoms with E-state index in [0.29, 0.717) is 16.6 Å². The molecule has 1 aromatic rings. The lowest BCUT2D eigenvalue weighted by atomic mass is 10.0. The molecular weight excluding hydrogens is 345 g/mol. The van der Waals surface area contributed by atoms with Crippen LogP contribution in [-0.4, -0.2) is 25.2 Å². The Morgan fingerprint density at radius 2 is 2.00 bits per heavy atom. The maximum atomic E-state index is 12.8. The van der Waals surface area contributed by atoms with Crippen molar-refractivity contribution in [3.05, 3.63) is 28.2 Å². The molecule has 0 radical (unpaired) electrons. The second kappa shape index (κ2) is 5.80. The van der Waals surface area contributed by atoms with Gasteiger partial charge in [-0.3, -0.25) is 0 Å². The molecule has 1 N–H and O–H groups in total. The minimum absolute atomic E-state index is 0.389. The van der Waals surface area contributed by atoms with E-state index < -0.39 is 11.7 Å². The lowest BCUT2D eigenvalue weighted by Crippen LogP contribution is -2.44. The van der Waals surface area contributed by atoms with Gasteiger partial charge in [-0.2, -0.15) is 13.2 Å². The van der Waals surface area contributed by atoms with Crippen molar-refractivity contribution in [2.45, 2.75) is 43.9 Å². The zero-order valence-electron chi connectivity index (χ0n) is 11.6. The van der Waals surface area contributed by atoms with Crippen LogP contribution in [0.1, 0.15) is 31.2 Å². The quantitative estimate of drug-likeness (QED) is 0.848. The second-order valence-corrected chi connectivity index (χ2v) is 6.62. The predicted octanol–water partition coefficient (Wildman–Crippen LogP) is 4.19. The Morgan fingerprint density at radius 1 is 1.19 bits per heavy atom. The van der Waals surface area contributed by atoms with Crippen molar-refractivity contribution in [2.24, 2.45) is 0 Å². The van der Waals surface area contributed by atoms with Gasteiger partial charge in [0.05, 0.1) is 11.3 Å². The average molecular weight is 363 g/mol. The first kappa shape index (κ1) is 15.2. The van der Waals surface area contributed by atoms with E-state index in [-0.39, 0.29) is 0 Å². The molecule has 21 heavy (non-hydrogen) atoms. The summed E-state index contributed by atoms with van der Waals surface area (Å²) in [6, 6.07) is 4.81. The smallest absolute Gasteiger partial charge is 0.366 e. The zero-order chi connectivity index (χ0) is 15.0. The molecule has 2 heterocycles. The van der Waals surface area contributed by atoms with Crippen LogP contribution >= 0.6 is 15.9 Å². The lowest BCUT2D eigenvalue weighted by Gasteiger charge is -2.32. The molecule has 0 aliphatic carbocycles. The van der Waals surface area contributed by atoms with Gasteiger partial charge in [-0.15, -0.1) is 0 Å². The van der Waals surface area contributed by atoms with E-state index in [1.54, 1.807) is 6.07 Å². The van der Waals surface area contributed by atoms with E-state index in [4.69, 9.17) is 0 Å². The third-order valence-corrected chi connectivity index (χ3v) is 5.08. The van der Waals surface area contributed by atoms with Crippen molar-refractivity contribution in [3.8, 4) is 0 Å². The van der Waals surface area contributed by atoms with E-state index >= 15 is 0 Å². The van der Waals surface area contributed by atoms with Gasteiger partial charge in [-0.25, -0.2) is 0 Å². The Labute approximate surface area is 130 Å². The number of halogens is 4. The number of hydrogen-bond acceptors (Lipinski definition) is 2. The summed E-state index contributed by atoms with van der Waals surface area (Å²) in [6.45, 7) is 1.95. The highest BCUT2D eigenvalue weighted by molar-refractivity contribution is 9.10. The van der Waals surface area contributed by atoms with Crippen LogP contribution in [0, 0.1) is 0 Å². The van der Waals surface area contributed by atoms with Crippen LogP contribution in [0.3, 0.4) is 0 Å². The van der Waals surface area contributed by atoms with Crippen molar-refractivity contribution >= 4 is 21.6 Å². The van der Waals surface area contributed by atoms with Crippen molar-refractivity contribution in [2.75, 3.05) is 18.0 Å². The van der Waals surface area contributed by atoms with Crippen molar-refractivity contribution < 1.29 is 13.2 Å².